The van der Waals surface area contributed by atoms with Crippen LogP contribution in [-0.2, 0) is 14.3 Å². The highest BCUT2D eigenvalue weighted by Crippen LogP contribution is 2.09. The second-order valence-corrected chi connectivity index (χ2v) is 4.35. The zero-order chi connectivity index (χ0) is 12.7. The van der Waals surface area contributed by atoms with Gasteiger partial charge in [0, 0.05) is 20.2 Å². The van der Waals surface area contributed by atoms with Crippen LogP contribution in [0.4, 0.5) is 0 Å². The monoisotopic (exact) mass is 242 g/mol. The van der Waals surface area contributed by atoms with Crippen molar-refractivity contribution in [1.29, 1.82) is 0 Å². The van der Waals surface area contributed by atoms with E-state index >= 15 is 0 Å². The third-order valence-electron chi connectivity index (χ3n) is 2.63. The van der Waals surface area contributed by atoms with Crippen molar-refractivity contribution in [3.63, 3.8) is 0 Å². The van der Waals surface area contributed by atoms with Crippen LogP contribution in [0.5, 0.6) is 0 Å². The first-order valence-corrected chi connectivity index (χ1v) is 5.89. The Bertz CT molecular complexity index is 268. The lowest BCUT2D eigenvalue weighted by Crippen LogP contribution is -2.41. The van der Waals surface area contributed by atoms with Crippen LogP contribution in [0.15, 0.2) is 12.2 Å². The van der Waals surface area contributed by atoms with Crippen molar-refractivity contribution in [3.05, 3.63) is 12.2 Å². The molecule has 0 aromatic rings. The predicted octanol–water partition coefficient (Wildman–Crippen LogP) is 0.0722. The Balaban J connectivity index is 2.07. The van der Waals surface area contributed by atoms with Gasteiger partial charge in [-0.25, -0.2) is 0 Å². The van der Waals surface area contributed by atoms with E-state index in [9.17, 15) is 4.79 Å². The molecule has 1 saturated heterocycles. The van der Waals surface area contributed by atoms with Crippen LogP contribution in [0.1, 0.15) is 13.3 Å². The summed E-state index contributed by atoms with van der Waals surface area (Å²) in [5, 5.41) is 5.96. The van der Waals surface area contributed by atoms with Gasteiger partial charge in [-0.15, -0.1) is 0 Å². The molecule has 0 aromatic heterocycles. The van der Waals surface area contributed by atoms with Crippen LogP contribution in [0, 0.1) is 0 Å². The summed E-state index contributed by atoms with van der Waals surface area (Å²) in [6.07, 6.45) is 0.875. The fourth-order valence-corrected chi connectivity index (χ4v) is 1.70. The summed E-state index contributed by atoms with van der Waals surface area (Å²) in [5.41, 5.74) is 0.983. The molecular weight excluding hydrogens is 220 g/mol. The molecule has 1 amide bonds. The maximum absolute atomic E-state index is 11.7. The molecule has 1 rings (SSSR count). The normalized spacial score (nSPS) is 23.6. The molecule has 0 spiro atoms. The zero-order valence-electron chi connectivity index (χ0n) is 10.6. The molecular formula is C12H22N2O3. The number of rotatable bonds is 7. The van der Waals surface area contributed by atoms with Gasteiger partial charge < -0.3 is 20.1 Å². The summed E-state index contributed by atoms with van der Waals surface area (Å²) in [5.74, 6) is 0.0171. The minimum absolute atomic E-state index is 0.0171. The van der Waals surface area contributed by atoms with Crippen LogP contribution < -0.4 is 10.6 Å². The van der Waals surface area contributed by atoms with Gasteiger partial charge in [-0.3, -0.25) is 4.79 Å². The van der Waals surface area contributed by atoms with Crippen molar-refractivity contribution in [2.24, 2.45) is 0 Å². The minimum Gasteiger partial charge on any atom is -0.380 e. The van der Waals surface area contributed by atoms with Crippen LogP contribution in [0.3, 0.4) is 0 Å². The van der Waals surface area contributed by atoms with Crippen LogP contribution in [0.25, 0.3) is 0 Å². The molecule has 1 aliphatic heterocycles. The number of carbonyl (C=O) groups excluding carboxylic acids is 1. The number of hydrogen-bond acceptors (Lipinski definition) is 4. The van der Waals surface area contributed by atoms with Crippen molar-refractivity contribution < 1.29 is 14.3 Å². The topological polar surface area (TPSA) is 59.6 Å². The highest BCUT2D eigenvalue weighted by atomic mass is 16.5. The van der Waals surface area contributed by atoms with E-state index in [1.54, 1.807) is 7.11 Å². The summed E-state index contributed by atoms with van der Waals surface area (Å²) >= 11 is 0. The summed E-state index contributed by atoms with van der Waals surface area (Å²) in [7, 11) is 1.66. The standard InChI is InChI=1S/C12H22N2O3/c1-9(2)8-17-5-4-13-12(15)11-6-10(16-3)7-14-11/h10-11,14H,1,4-8H2,2-3H3,(H,13,15). The highest BCUT2D eigenvalue weighted by molar-refractivity contribution is 5.82. The van der Waals surface area contributed by atoms with E-state index in [2.05, 4.69) is 17.2 Å². The van der Waals surface area contributed by atoms with Gasteiger partial charge in [0.05, 0.1) is 25.4 Å². The third kappa shape index (κ3) is 5.30. The Kier molecular flexibility index (Phi) is 6.18. The van der Waals surface area contributed by atoms with Crippen molar-refractivity contribution in [2.45, 2.75) is 25.5 Å². The van der Waals surface area contributed by atoms with E-state index in [4.69, 9.17) is 9.47 Å². The molecule has 0 aromatic carbocycles. The molecule has 2 atom stereocenters. The molecule has 17 heavy (non-hydrogen) atoms. The molecule has 1 aliphatic rings. The largest absolute Gasteiger partial charge is 0.380 e. The zero-order valence-corrected chi connectivity index (χ0v) is 10.6. The van der Waals surface area contributed by atoms with Crippen LogP contribution in [0.2, 0.25) is 0 Å². The SMILES string of the molecule is C=C(C)COCCNC(=O)C1CC(OC)CN1. The summed E-state index contributed by atoms with van der Waals surface area (Å²) in [6.45, 7) is 7.97. The van der Waals surface area contributed by atoms with E-state index in [0.717, 1.165) is 18.5 Å². The molecule has 5 nitrogen and oxygen atoms in total. The Morgan fingerprint density at radius 3 is 2.94 bits per heavy atom. The molecule has 0 aliphatic carbocycles. The Hall–Kier alpha value is -0.910. The lowest BCUT2D eigenvalue weighted by Gasteiger charge is -2.11. The second-order valence-electron chi connectivity index (χ2n) is 4.35. The Labute approximate surface area is 103 Å². The maximum Gasteiger partial charge on any atom is 0.237 e. The first-order chi connectivity index (χ1) is 8.13. The number of methoxy groups -OCH3 is 1. The van der Waals surface area contributed by atoms with Crippen LogP contribution >= 0.6 is 0 Å². The van der Waals surface area contributed by atoms with Gasteiger partial charge in [0.1, 0.15) is 0 Å². The summed E-state index contributed by atoms with van der Waals surface area (Å²) < 4.78 is 10.5. The van der Waals surface area contributed by atoms with E-state index in [0.29, 0.717) is 19.8 Å². The number of carbonyl (C=O) groups is 1. The quantitative estimate of drug-likeness (QED) is 0.490. The Morgan fingerprint density at radius 1 is 1.59 bits per heavy atom. The fourth-order valence-electron chi connectivity index (χ4n) is 1.70. The molecule has 5 heteroatoms. The van der Waals surface area contributed by atoms with Gasteiger partial charge in [0.25, 0.3) is 0 Å². The molecule has 0 radical (unpaired) electrons. The van der Waals surface area contributed by atoms with Crippen molar-refractivity contribution in [3.8, 4) is 0 Å². The average Bonchev–Trinajstić information content (AvgIpc) is 2.76. The first kappa shape index (κ1) is 14.2. The van der Waals surface area contributed by atoms with E-state index < -0.39 is 0 Å². The van der Waals surface area contributed by atoms with Gasteiger partial charge in [-0.2, -0.15) is 0 Å². The second kappa shape index (κ2) is 7.42. The molecule has 0 saturated carbocycles. The molecule has 98 valence electrons. The molecule has 2 unspecified atom stereocenters. The van der Waals surface area contributed by atoms with Crippen LogP contribution in [-0.4, -0.2) is 51.5 Å². The highest BCUT2D eigenvalue weighted by Gasteiger charge is 2.28. The fraction of sp³-hybridized carbons (Fsp3) is 0.750. The Morgan fingerprint density at radius 2 is 2.35 bits per heavy atom. The molecule has 2 N–H and O–H groups in total. The van der Waals surface area contributed by atoms with Gasteiger partial charge in [-0.05, 0) is 13.3 Å². The first-order valence-electron chi connectivity index (χ1n) is 5.89. The average molecular weight is 242 g/mol. The summed E-state index contributed by atoms with van der Waals surface area (Å²) in [4.78, 5) is 11.7. The van der Waals surface area contributed by atoms with Gasteiger partial charge >= 0.3 is 0 Å². The number of hydrogen-bond donors (Lipinski definition) is 2. The smallest absolute Gasteiger partial charge is 0.237 e. The number of ether oxygens (including phenoxy) is 2. The maximum atomic E-state index is 11.7. The molecule has 1 fully saturated rings. The van der Waals surface area contributed by atoms with Crippen molar-refractivity contribution in [1.82, 2.24) is 10.6 Å². The van der Waals surface area contributed by atoms with Gasteiger partial charge in [0.15, 0.2) is 0 Å². The van der Waals surface area contributed by atoms with E-state index in [1.165, 1.54) is 0 Å². The van der Waals surface area contributed by atoms with E-state index in [1.807, 2.05) is 6.92 Å². The third-order valence-corrected chi connectivity index (χ3v) is 2.63. The van der Waals surface area contributed by atoms with E-state index in [-0.39, 0.29) is 18.1 Å². The van der Waals surface area contributed by atoms with Gasteiger partial charge in [0.2, 0.25) is 5.91 Å². The van der Waals surface area contributed by atoms with Crippen molar-refractivity contribution in [2.75, 3.05) is 33.4 Å². The predicted molar refractivity (Wildman–Crippen MR) is 65.8 cm³/mol. The lowest BCUT2D eigenvalue weighted by molar-refractivity contribution is -0.123. The molecule has 0 bridgehead atoms. The number of amides is 1. The summed E-state index contributed by atoms with van der Waals surface area (Å²) in [6, 6.07) is -0.138. The van der Waals surface area contributed by atoms with Crippen molar-refractivity contribution >= 4 is 5.91 Å². The minimum atomic E-state index is -0.138. The van der Waals surface area contributed by atoms with Gasteiger partial charge in [-0.1, -0.05) is 12.2 Å². The molecule has 1 heterocycles. The lowest BCUT2D eigenvalue weighted by atomic mass is 10.2. The number of nitrogens with one attached hydrogen (secondary N) is 2.